The van der Waals surface area contributed by atoms with E-state index in [2.05, 4.69) is 4.74 Å². The first kappa shape index (κ1) is 11.4. The Kier molecular flexibility index (Phi) is 4.04. The van der Waals surface area contributed by atoms with Gasteiger partial charge in [-0.15, -0.1) is 11.3 Å². The van der Waals surface area contributed by atoms with Gasteiger partial charge >= 0.3 is 6.09 Å². The van der Waals surface area contributed by atoms with Crippen LogP contribution in [0, 0.1) is 0 Å². The first-order valence-corrected chi connectivity index (χ1v) is 4.90. The molecule has 0 aliphatic rings. The lowest BCUT2D eigenvalue weighted by Crippen LogP contribution is -2.31. The molecule has 2 amide bonds. The molecule has 1 rings (SSSR count). The molecule has 1 heterocycles. The van der Waals surface area contributed by atoms with Crippen LogP contribution >= 0.6 is 11.3 Å². The van der Waals surface area contributed by atoms with Crippen LogP contribution in [0.15, 0.2) is 11.4 Å². The summed E-state index contributed by atoms with van der Waals surface area (Å²) in [6.45, 7) is -1.17. The van der Waals surface area contributed by atoms with Crippen LogP contribution in [-0.4, -0.2) is 25.3 Å². The molecule has 1 aromatic rings. The zero-order chi connectivity index (χ0) is 11.3. The lowest BCUT2D eigenvalue weighted by molar-refractivity contribution is 0.0914. The first-order chi connectivity index (χ1) is 7.15. The summed E-state index contributed by atoms with van der Waals surface area (Å²) in [6.07, 6.45) is -0.983. The molecule has 0 atom stereocenters. The van der Waals surface area contributed by atoms with Crippen molar-refractivity contribution >= 4 is 28.3 Å². The summed E-state index contributed by atoms with van der Waals surface area (Å²) in [4.78, 5) is 22.2. The molecule has 7 heteroatoms. The lowest BCUT2D eigenvalue weighted by Gasteiger charge is -2.03. The van der Waals surface area contributed by atoms with Gasteiger partial charge in [0.1, 0.15) is 13.3 Å². The van der Waals surface area contributed by atoms with Crippen LogP contribution in [0.4, 0.5) is 14.2 Å². The average Bonchev–Trinajstić information content (AvgIpc) is 2.61. The fraction of sp³-hybridized carbons (Fsp3) is 0.250. The predicted octanol–water partition coefficient (Wildman–Crippen LogP) is 1.17. The van der Waals surface area contributed by atoms with Gasteiger partial charge < -0.3 is 10.5 Å². The first-order valence-electron chi connectivity index (χ1n) is 4.02. The van der Waals surface area contributed by atoms with Gasteiger partial charge in [-0.05, 0) is 11.4 Å². The van der Waals surface area contributed by atoms with Crippen molar-refractivity contribution in [1.82, 2.24) is 5.32 Å². The van der Waals surface area contributed by atoms with E-state index in [0.29, 0.717) is 5.00 Å². The number of imide groups is 1. The van der Waals surface area contributed by atoms with E-state index in [1.807, 2.05) is 5.32 Å². The zero-order valence-electron chi connectivity index (χ0n) is 7.66. The molecule has 0 aliphatic heterocycles. The van der Waals surface area contributed by atoms with Gasteiger partial charge in [0.05, 0.1) is 10.6 Å². The highest BCUT2D eigenvalue weighted by atomic mass is 32.1. The summed E-state index contributed by atoms with van der Waals surface area (Å²) >= 11 is 1.18. The van der Waals surface area contributed by atoms with Crippen LogP contribution < -0.4 is 11.1 Å². The highest BCUT2D eigenvalue weighted by Crippen LogP contribution is 2.18. The number of halogens is 1. The van der Waals surface area contributed by atoms with Gasteiger partial charge in [-0.1, -0.05) is 0 Å². The number of nitrogens with one attached hydrogen (secondary N) is 1. The third kappa shape index (κ3) is 3.21. The number of thiophene rings is 1. The highest BCUT2D eigenvalue weighted by molar-refractivity contribution is 7.14. The molecule has 82 valence electrons. The van der Waals surface area contributed by atoms with Crippen molar-refractivity contribution in [1.29, 1.82) is 0 Å². The van der Waals surface area contributed by atoms with Crippen molar-refractivity contribution < 1.29 is 18.7 Å². The highest BCUT2D eigenvalue weighted by Gasteiger charge is 2.14. The third-order valence-electron chi connectivity index (χ3n) is 1.47. The maximum atomic E-state index is 11.6. The summed E-state index contributed by atoms with van der Waals surface area (Å²) in [5.74, 6) is -0.655. The molecule has 1 aromatic heterocycles. The monoisotopic (exact) mass is 232 g/mol. The van der Waals surface area contributed by atoms with Crippen molar-refractivity contribution in [2.75, 3.05) is 19.0 Å². The van der Waals surface area contributed by atoms with Crippen molar-refractivity contribution in [3.05, 3.63) is 17.0 Å². The number of nitrogens with two attached hydrogens (primary N) is 1. The van der Waals surface area contributed by atoms with Crippen LogP contribution in [-0.2, 0) is 4.74 Å². The van der Waals surface area contributed by atoms with Crippen molar-refractivity contribution in [3.63, 3.8) is 0 Å². The molecule has 0 aromatic carbocycles. The fourth-order valence-corrected chi connectivity index (χ4v) is 1.47. The van der Waals surface area contributed by atoms with Crippen LogP contribution in [0.5, 0.6) is 0 Å². The Morgan fingerprint density at radius 1 is 1.60 bits per heavy atom. The maximum Gasteiger partial charge on any atom is 0.414 e. The molecule has 3 N–H and O–H groups in total. The number of rotatable bonds is 3. The van der Waals surface area contributed by atoms with Crippen LogP contribution in [0.25, 0.3) is 0 Å². The maximum absolute atomic E-state index is 11.6. The lowest BCUT2D eigenvalue weighted by atomic mass is 10.3. The standard InChI is InChI=1S/C8H9FN2O3S/c9-2-3-14-8(13)11-7(12)5-1-4-15-6(5)10/h1,4H,2-3,10H2,(H,11,12,13). The van der Waals surface area contributed by atoms with Crippen LogP contribution in [0.2, 0.25) is 0 Å². The van der Waals surface area contributed by atoms with Gasteiger partial charge in [0.2, 0.25) is 0 Å². The van der Waals surface area contributed by atoms with E-state index in [9.17, 15) is 14.0 Å². The molecule has 15 heavy (non-hydrogen) atoms. The van der Waals surface area contributed by atoms with E-state index in [4.69, 9.17) is 5.73 Å². The van der Waals surface area contributed by atoms with Gasteiger partial charge in [-0.2, -0.15) is 0 Å². The number of carbonyl (C=O) groups excluding carboxylic acids is 2. The van der Waals surface area contributed by atoms with Gasteiger partial charge in [0.15, 0.2) is 0 Å². The largest absolute Gasteiger partial charge is 0.446 e. The number of anilines is 1. The topological polar surface area (TPSA) is 81.4 Å². The summed E-state index contributed by atoms with van der Waals surface area (Å²) in [5, 5.41) is 3.85. The molecular formula is C8H9FN2O3S. The minimum Gasteiger partial charge on any atom is -0.446 e. The Hall–Kier alpha value is -1.63. The molecule has 0 bridgehead atoms. The van der Waals surface area contributed by atoms with Crippen molar-refractivity contribution in [2.45, 2.75) is 0 Å². The van der Waals surface area contributed by atoms with E-state index in [0.717, 1.165) is 0 Å². The number of hydrogen-bond acceptors (Lipinski definition) is 5. The van der Waals surface area contributed by atoms with Crippen LogP contribution in [0.1, 0.15) is 10.4 Å². The minimum absolute atomic E-state index is 0.206. The number of nitrogen functional groups attached to an aromatic ring is 1. The Morgan fingerprint density at radius 3 is 2.87 bits per heavy atom. The van der Waals surface area contributed by atoms with Gasteiger partial charge in [0.25, 0.3) is 5.91 Å². The van der Waals surface area contributed by atoms with Gasteiger partial charge in [0, 0.05) is 0 Å². The number of alkyl halides is 1. The number of ether oxygens (including phenoxy) is 1. The third-order valence-corrected chi connectivity index (χ3v) is 2.21. The second kappa shape index (κ2) is 5.30. The SMILES string of the molecule is Nc1sccc1C(=O)NC(=O)OCCF. The normalized spacial score (nSPS) is 9.67. The number of alkyl carbamates (subject to hydrolysis) is 1. The van der Waals surface area contributed by atoms with Crippen LogP contribution in [0.3, 0.4) is 0 Å². The zero-order valence-corrected chi connectivity index (χ0v) is 8.47. The fourth-order valence-electron chi connectivity index (χ4n) is 0.836. The molecule has 5 nitrogen and oxygen atoms in total. The van der Waals surface area contributed by atoms with Gasteiger partial charge in [-0.3, -0.25) is 10.1 Å². The molecule has 0 saturated heterocycles. The average molecular weight is 232 g/mol. The number of carbonyl (C=O) groups is 2. The molecule has 0 unspecified atom stereocenters. The van der Waals surface area contributed by atoms with E-state index < -0.39 is 18.7 Å². The van der Waals surface area contributed by atoms with E-state index in [1.165, 1.54) is 17.4 Å². The summed E-state index contributed by atoms with van der Waals surface area (Å²) in [5.41, 5.74) is 5.67. The molecule has 0 spiro atoms. The summed E-state index contributed by atoms with van der Waals surface area (Å²) in [7, 11) is 0. The van der Waals surface area contributed by atoms with E-state index in [-0.39, 0.29) is 12.2 Å². The van der Waals surface area contributed by atoms with E-state index >= 15 is 0 Å². The van der Waals surface area contributed by atoms with Crippen molar-refractivity contribution in [2.24, 2.45) is 0 Å². The van der Waals surface area contributed by atoms with Gasteiger partial charge in [-0.25, -0.2) is 9.18 Å². The Morgan fingerprint density at radius 2 is 2.33 bits per heavy atom. The molecule has 0 fully saturated rings. The predicted molar refractivity (Wildman–Crippen MR) is 53.5 cm³/mol. The number of amides is 2. The smallest absolute Gasteiger partial charge is 0.414 e. The minimum atomic E-state index is -0.983. The second-order valence-electron chi connectivity index (χ2n) is 2.48. The molecule has 0 saturated carbocycles. The molecular weight excluding hydrogens is 223 g/mol. The quantitative estimate of drug-likeness (QED) is 0.819. The number of hydrogen-bond donors (Lipinski definition) is 2. The second-order valence-corrected chi connectivity index (χ2v) is 3.43. The molecule has 0 aliphatic carbocycles. The summed E-state index contributed by atoms with van der Waals surface area (Å²) < 4.78 is 15.9. The Bertz CT molecular complexity index is 367. The Labute approximate surface area is 89.0 Å². The summed E-state index contributed by atoms with van der Waals surface area (Å²) in [6, 6.07) is 1.48. The van der Waals surface area contributed by atoms with Crippen molar-refractivity contribution in [3.8, 4) is 0 Å². The Balaban J connectivity index is 2.49. The molecule has 0 radical (unpaired) electrons. The van der Waals surface area contributed by atoms with E-state index in [1.54, 1.807) is 5.38 Å².